The molecule has 6 rings (SSSR count). The van der Waals surface area contributed by atoms with Gasteiger partial charge in [-0.15, -0.1) is 0 Å². The van der Waals surface area contributed by atoms with Crippen LogP contribution in [0.2, 0.25) is 0 Å². The lowest BCUT2D eigenvalue weighted by atomic mass is 9.79. The second kappa shape index (κ2) is 9.58. The van der Waals surface area contributed by atoms with E-state index in [9.17, 15) is 5.02 Å². The summed E-state index contributed by atoms with van der Waals surface area (Å²) in [7, 11) is -1.04. The SMILES string of the molecule is OB(OCS)c1ccc(-c2nc(-c3ccccc3)nc(-n3c4ccccc4c4ccccc43)n2)cc1. The Morgan fingerprint density at radius 3 is 1.78 bits per heavy atom. The molecule has 4 aromatic carbocycles. The molecule has 0 saturated heterocycles. The molecule has 0 atom stereocenters. The van der Waals surface area contributed by atoms with E-state index in [0.29, 0.717) is 23.1 Å². The standard InChI is InChI=1S/C28H21BN4O2S/c34-29(35-18-36)21-16-14-20(15-17-21)27-30-26(19-8-2-1-3-9-19)31-28(32-27)33-24-12-6-4-10-22(24)23-11-5-7-13-25(23)33/h1-17,34,36H,18H2. The molecule has 0 spiro atoms. The molecule has 2 heterocycles. The summed E-state index contributed by atoms with van der Waals surface area (Å²) < 4.78 is 7.26. The monoisotopic (exact) mass is 488 g/mol. The Balaban J connectivity index is 1.57. The van der Waals surface area contributed by atoms with Crippen molar-refractivity contribution in [3.63, 3.8) is 0 Å². The van der Waals surface area contributed by atoms with Crippen molar-refractivity contribution in [3.05, 3.63) is 103 Å². The van der Waals surface area contributed by atoms with Gasteiger partial charge in [-0.2, -0.15) is 22.6 Å². The zero-order chi connectivity index (χ0) is 24.5. The van der Waals surface area contributed by atoms with E-state index in [1.54, 1.807) is 12.1 Å². The number of para-hydroxylation sites is 2. The first-order chi connectivity index (χ1) is 17.7. The molecule has 0 radical (unpaired) electrons. The van der Waals surface area contributed by atoms with Gasteiger partial charge in [0, 0.05) is 21.9 Å². The molecule has 0 aliphatic carbocycles. The Morgan fingerprint density at radius 2 is 1.19 bits per heavy atom. The fourth-order valence-electron chi connectivity index (χ4n) is 4.41. The van der Waals surface area contributed by atoms with Gasteiger partial charge in [0.2, 0.25) is 5.95 Å². The minimum atomic E-state index is -1.04. The number of rotatable bonds is 6. The normalized spacial score (nSPS) is 11.3. The van der Waals surface area contributed by atoms with Crippen molar-refractivity contribution in [2.24, 2.45) is 0 Å². The van der Waals surface area contributed by atoms with E-state index in [2.05, 4.69) is 41.5 Å². The van der Waals surface area contributed by atoms with Crippen molar-refractivity contribution >= 4 is 47.0 Å². The predicted octanol–water partition coefficient (Wildman–Crippen LogP) is 4.89. The van der Waals surface area contributed by atoms with Crippen LogP contribution < -0.4 is 5.46 Å². The number of fused-ring (bicyclic) bond motifs is 3. The molecular weight excluding hydrogens is 467 g/mol. The van der Waals surface area contributed by atoms with Crippen molar-refractivity contribution in [3.8, 4) is 28.7 Å². The lowest BCUT2D eigenvalue weighted by Crippen LogP contribution is -2.33. The Bertz CT molecular complexity index is 1620. The van der Waals surface area contributed by atoms with Gasteiger partial charge in [0.25, 0.3) is 0 Å². The number of nitrogens with zero attached hydrogens (tertiary/aromatic N) is 4. The maximum atomic E-state index is 10.1. The number of aromatic nitrogens is 4. The Labute approximate surface area is 213 Å². The molecular formula is C28H21BN4O2S. The molecule has 0 aliphatic heterocycles. The summed E-state index contributed by atoms with van der Waals surface area (Å²) in [4.78, 5) is 14.6. The second-order valence-corrected chi connectivity index (χ2v) is 8.55. The molecule has 8 heteroatoms. The third-order valence-electron chi connectivity index (χ3n) is 6.12. The minimum absolute atomic E-state index is 0.124. The molecule has 0 unspecified atom stereocenters. The summed E-state index contributed by atoms with van der Waals surface area (Å²) in [5.41, 5.74) is 4.39. The van der Waals surface area contributed by atoms with Crippen LogP contribution in [-0.4, -0.2) is 37.6 Å². The fraction of sp³-hybridized carbons (Fsp3) is 0.0357. The van der Waals surface area contributed by atoms with Gasteiger partial charge in [0.05, 0.1) is 17.0 Å². The van der Waals surface area contributed by atoms with E-state index in [1.165, 1.54) is 0 Å². The van der Waals surface area contributed by atoms with Crippen LogP contribution in [0.5, 0.6) is 0 Å². The van der Waals surface area contributed by atoms with E-state index in [0.717, 1.165) is 32.9 Å². The van der Waals surface area contributed by atoms with E-state index in [4.69, 9.17) is 19.6 Å². The van der Waals surface area contributed by atoms with Gasteiger partial charge in [-0.3, -0.25) is 4.57 Å². The maximum absolute atomic E-state index is 10.1. The summed E-state index contributed by atoms with van der Waals surface area (Å²) in [6.07, 6.45) is 0. The van der Waals surface area contributed by atoms with Gasteiger partial charge in [-0.1, -0.05) is 91.0 Å². The van der Waals surface area contributed by atoms with Crippen LogP contribution in [0, 0.1) is 0 Å². The number of hydrogen-bond acceptors (Lipinski definition) is 6. The Kier molecular flexibility index (Phi) is 5.99. The Morgan fingerprint density at radius 1 is 0.667 bits per heavy atom. The van der Waals surface area contributed by atoms with Gasteiger partial charge in [0.15, 0.2) is 11.6 Å². The van der Waals surface area contributed by atoms with Crippen LogP contribution in [0.15, 0.2) is 103 Å². The molecule has 6 aromatic rings. The quantitative estimate of drug-likeness (QED) is 0.198. The molecule has 0 amide bonds. The van der Waals surface area contributed by atoms with Gasteiger partial charge < -0.3 is 9.68 Å². The zero-order valence-electron chi connectivity index (χ0n) is 19.2. The highest BCUT2D eigenvalue weighted by Gasteiger charge is 2.19. The largest absolute Gasteiger partial charge is 0.491 e. The average molecular weight is 488 g/mol. The van der Waals surface area contributed by atoms with Gasteiger partial charge in [-0.25, -0.2) is 4.98 Å². The van der Waals surface area contributed by atoms with Crippen molar-refractivity contribution in [1.29, 1.82) is 0 Å². The molecule has 174 valence electrons. The van der Waals surface area contributed by atoms with Crippen molar-refractivity contribution in [1.82, 2.24) is 19.5 Å². The number of hydrogen-bond donors (Lipinski definition) is 2. The molecule has 0 bridgehead atoms. The average Bonchev–Trinajstić information content (AvgIpc) is 3.28. The predicted molar refractivity (Wildman–Crippen MR) is 148 cm³/mol. The molecule has 2 aromatic heterocycles. The highest BCUT2D eigenvalue weighted by Crippen LogP contribution is 2.31. The van der Waals surface area contributed by atoms with Gasteiger partial charge in [-0.05, 0) is 17.6 Å². The van der Waals surface area contributed by atoms with E-state index in [-0.39, 0.29) is 5.94 Å². The molecule has 0 aliphatic rings. The molecule has 0 saturated carbocycles. The molecule has 1 N–H and O–H groups in total. The molecule has 0 fully saturated rings. The highest BCUT2D eigenvalue weighted by molar-refractivity contribution is 7.80. The van der Waals surface area contributed by atoms with Crippen LogP contribution in [0.4, 0.5) is 0 Å². The zero-order valence-corrected chi connectivity index (χ0v) is 20.1. The van der Waals surface area contributed by atoms with Gasteiger partial charge in [0.1, 0.15) is 0 Å². The highest BCUT2D eigenvalue weighted by atomic mass is 32.1. The lowest BCUT2D eigenvalue weighted by Gasteiger charge is -2.11. The first-order valence-corrected chi connectivity index (χ1v) is 12.2. The smallest absolute Gasteiger partial charge is 0.423 e. The van der Waals surface area contributed by atoms with Crippen LogP contribution >= 0.6 is 12.6 Å². The van der Waals surface area contributed by atoms with Crippen LogP contribution in [0.1, 0.15) is 0 Å². The van der Waals surface area contributed by atoms with Crippen LogP contribution in [0.3, 0.4) is 0 Å². The van der Waals surface area contributed by atoms with E-state index in [1.807, 2.05) is 66.7 Å². The first-order valence-electron chi connectivity index (χ1n) is 11.5. The van der Waals surface area contributed by atoms with Crippen LogP contribution in [0.25, 0.3) is 50.5 Å². The number of thiol groups is 1. The number of benzene rings is 4. The minimum Gasteiger partial charge on any atom is -0.423 e. The molecule has 6 nitrogen and oxygen atoms in total. The lowest BCUT2D eigenvalue weighted by molar-refractivity contribution is 0.327. The van der Waals surface area contributed by atoms with Crippen molar-refractivity contribution in [2.45, 2.75) is 0 Å². The van der Waals surface area contributed by atoms with E-state index >= 15 is 0 Å². The summed E-state index contributed by atoms with van der Waals surface area (Å²) >= 11 is 4.01. The second-order valence-electron chi connectivity index (χ2n) is 8.29. The van der Waals surface area contributed by atoms with Gasteiger partial charge >= 0.3 is 7.12 Å². The van der Waals surface area contributed by atoms with E-state index < -0.39 is 7.12 Å². The van der Waals surface area contributed by atoms with Crippen LogP contribution in [-0.2, 0) is 4.65 Å². The van der Waals surface area contributed by atoms with Crippen molar-refractivity contribution in [2.75, 3.05) is 5.94 Å². The third-order valence-corrected chi connectivity index (χ3v) is 6.27. The topological polar surface area (TPSA) is 73.1 Å². The third kappa shape index (κ3) is 4.05. The fourth-order valence-corrected chi connectivity index (χ4v) is 4.55. The molecule has 36 heavy (non-hydrogen) atoms. The first kappa shape index (κ1) is 22.5. The maximum Gasteiger partial charge on any atom is 0.491 e. The van der Waals surface area contributed by atoms with Crippen molar-refractivity contribution < 1.29 is 9.68 Å². The summed E-state index contributed by atoms with van der Waals surface area (Å²) in [6, 6.07) is 33.8. The Hall–Kier alpha value is -3.98. The summed E-state index contributed by atoms with van der Waals surface area (Å²) in [5.74, 6) is 1.79. The summed E-state index contributed by atoms with van der Waals surface area (Å²) in [5, 5.41) is 12.4. The summed E-state index contributed by atoms with van der Waals surface area (Å²) in [6.45, 7) is 0.